The number of fused-ring (bicyclic) bond motifs is 2. The van der Waals surface area contributed by atoms with E-state index in [9.17, 15) is 18.0 Å². The van der Waals surface area contributed by atoms with Gasteiger partial charge in [-0.2, -0.15) is 0 Å². The summed E-state index contributed by atoms with van der Waals surface area (Å²) in [6.45, 7) is 7.01. The van der Waals surface area contributed by atoms with Crippen LogP contribution in [-0.4, -0.2) is 61.5 Å². The first-order valence-electron chi connectivity index (χ1n) is 13.7. The maximum Gasteiger partial charge on any atom is 0.318 e. The molecule has 222 valence electrons. The van der Waals surface area contributed by atoms with E-state index in [1.807, 2.05) is 0 Å². The van der Waals surface area contributed by atoms with Crippen molar-refractivity contribution >= 4 is 50.9 Å². The number of hydrogen-bond acceptors (Lipinski definition) is 4. The molecule has 0 radical (unpaired) electrons. The lowest BCUT2D eigenvalue weighted by molar-refractivity contribution is -0.123. The molecule has 3 amide bonds. The van der Waals surface area contributed by atoms with Gasteiger partial charge < -0.3 is 15.5 Å². The Balaban J connectivity index is 1.60. The highest BCUT2D eigenvalue weighted by atomic mass is 35.5. The normalized spacial score (nSPS) is 25.4. The second-order valence-electron chi connectivity index (χ2n) is 12.6. The van der Waals surface area contributed by atoms with Crippen LogP contribution in [0, 0.1) is 17.2 Å². The zero-order valence-electron chi connectivity index (χ0n) is 23.5. The Morgan fingerprint density at radius 1 is 1.17 bits per heavy atom. The van der Waals surface area contributed by atoms with E-state index in [-0.39, 0.29) is 40.4 Å². The van der Waals surface area contributed by atoms with Crippen molar-refractivity contribution in [1.29, 1.82) is 0 Å². The fourth-order valence-corrected chi connectivity index (χ4v) is 8.09. The summed E-state index contributed by atoms with van der Waals surface area (Å²) >= 11 is 12.5. The van der Waals surface area contributed by atoms with Crippen LogP contribution in [0.2, 0.25) is 10.0 Å². The molecular weight excluding hydrogens is 590 g/mol. The van der Waals surface area contributed by atoms with Crippen LogP contribution in [0.1, 0.15) is 57.2 Å². The van der Waals surface area contributed by atoms with Crippen molar-refractivity contribution in [2.45, 2.75) is 57.5 Å². The molecule has 0 saturated carbocycles. The molecule has 41 heavy (non-hydrogen) atoms. The number of carbonyl (C=O) groups excluding carboxylic acids is 2. The predicted molar refractivity (Wildman–Crippen MR) is 158 cm³/mol. The summed E-state index contributed by atoms with van der Waals surface area (Å²) in [5.41, 5.74) is -0.133. The van der Waals surface area contributed by atoms with Crippen LogP contribution in [0.25, 0.3) is 0 Å². The molecule has 0 unspecified atom stereocenters. The minimum absolute atomic E-state index is 0.0971. The third-order valence-electron chi connectivity index (χ3n) is 8.50. The molecule has 0 bridgehead atoms. The van der Waals surface area contributed by atoms with Crippen molar-refractivity contribution < 1.29 is 22.4 Å². The Kier molecular flexibility index (Phi) is 7.85. The number of halogens is 3. The standard InChI is InChI=1S/C29H35Cl2FN4O4S/c1-28(2,3)15-17-16-36(27(38)33-19-10-12-35(13-11-19)41(4,39)40)25(20-6-5-7-22(31)24(20)32)29(17)21-9-8-18(30)14-23(21)34-26(29)37/h5-9,14,17,19,25H,10-13,15-16H2,1-4H3,(H,33,38)(H,34,37)/t17-,25-,29+/m0/s1. The second kappa shape index (κ2) is 10.7. The molecule has 0 aromatic heterocycles. The highest BCUT2D eigenvalue weighted by Gasteiger charge is 2.65. The molecule has 2 N–H and O–H groups in total. The van der Waals surface area contributed by atoms with Gasteiger partial charge in [0.05, 0.1) is 17.3 Å². The third kappa shape index (κ3) is 5.44. The van der Waals surface area contributed by atoms with E-state index < -0.39 is 33.3 Å². The first-order chi connectivity index (χ1) is 19.1. The van der Waals surface area contributed by atoms with E-state index in [4.69, 9.17) is 23.2 Å². The largest absolute Gasteiger partial charge is 0.335 e. The molecule has 3 atom stereocenters. The lowest BCUT2D eigenvalue weighted by Crippen LogP contribution is -2.51. The average molecular weight is 626 g/mol. The molecule has 2 fully saturated rings. The molecular formula is C29H35Cl2FN4O4S. The van der Waals surface area contributed by atoms with E-state index in [0.29, 0.717) is 48.6 Å². The fraction of sp³-hybridized carbons (Fsp3) is 0.517. The van der Waals surface area contributed by atoms with Crippen LogP contribution in [0.15, 0.2) is 36.4 Å². The number of piperidine rings is 1. The van der Waals surface area contributed by atoms with Crippen molar-refractivity contribution in [2.24, 2.45) is 11.3 Å². The number of carbonyl (C=O) groups is 2. The minimum atomic E-state index is -3.32. The lowest BCUT2D eigenvalue weighted by Gasteiger charge is -2.38. The van der Waals surface area contributed by atoms with E-state index >= 15 is 4.39 Å². The van der Waals surface area contributed by atoms with Gasteiger partial charge in [0.25, 0.3) is 0 Å². The van der Waals surface area contributed by atoms with Gasteiger partial charge in [0.1, 0.15) is 11.2 Å². The highest BCUT2D eigenvalue weighted by Crippen LogP contribution is 2.60. The molecule has 2 aromatic rings. The molecule has 1 spiro atoms. The highest BCUT2D eigenvalue weighted by molar-refractivity contribution is 7.88. The number of likely N-dealkylation sites (tertiary alicyclic amines) is 1. The Morgan fingerprint density at radius 2 is 1.85 bits per heavy atom. The molecule has 3 aliphatic heterocycles. The second-order valence-corrected chi connectivity index (χ2v) is 15.4. The monoisotopic (exact) mass is 624 g/mol. The van der Waals surface area contributed by atoms with Crippen LogP contribution in [0.4, 0.5) is 14.9 Å². The van der Waals surface area contributed by atoms with Crippen molar-refractivity contribution in [3.8, 4) is 0 Å². The summed E-state index contributed by atoms with van der Waals surface area (Å²) in [5.74, 6) is -1.35. The SMILES string of the molecule is CC(C)(C)C[C@H]1CN(C(=O)NC2CCN(S(C)(=O)=O)CC2)[C@@H](c2cccc(Cl)c2F)[C@@]12C(=O)Nc1cc(Cl)ccc12. The molecule has 0 aliphatic carbocycles. The molecule has 12 heteroatoms. The quantitative estimate of drug-likeness (QED) is 0.465. The van der Waals surface area contributed by atoms with E-state index in [1.54, 1.807) is 35.2 Å². The maximum absolute atomic E-state index is 15.9. The minimum Gasteiger partial charge on any atom is -0.335 e. The van der Waals surface area contributed by atoms with Crippen molar-refractivity contribution in [2.75, 3.05) is 31.2 Å². The number of anilines is 1. The van der Waals surface area contributed by atoms with Gasteiger partial charge in [-0.25, -0.2) is 21.9 Å². The number of nitrogens with one attached hydrogen (secondary N) is 2. The van der Waals surface area contributed by atoms with Crippen LogP contribution in [-0.2, 0) is 20.2 Å². The zero-order chi connectivity index (χ0) is 29.9. The van der Waals surface area contributed by atoms with E-state index in [1.165, 1.54) is 16.6 Å². The number of rotatable bonds is 4. The van der Waals surface area contributed by atoms with Gasteiger partial charge in [-0.05, 0) is 54.4 Å². The smallest absolute Gasteiger partial charge is 0.318 e. The summed E-state index contributed by atoms with van der Waals surface area (Å²) in [6, 6.07) is 8.13. The predicted octanol–water partition coefficient (Wildman–Crippen LogP) is 5.57. The van der Waals surface area contributed by atoms with Gasteiger partial charge in [-0.3, -0.25) is 4.79 Å². The van der Waals surface area contributed by atoms with Crippen LogP contribution in [0.3, 0.4) is 0 Å². The lowest BCUT2D eigenvalue weighted by atomic mass is 9.63. The number of sulfonamides is 1. The Labute approximate surface area is 250 Å². The molecule has 3 aliphatic rings. The van der Waals surface area contributed by atoms with Crippen molar-refractivity contribution in [3.63, 3.8) is 0 Å². The average Bonchev–Trinajstić information content (AvgIpc) is 3.34. The maximum atomic E-state index is 15.9. The topological polar surface area (TPSA) is 98.8 Å². The summed E-state index contributed by atoms with van der Waals surface area (Å²) < 4.78 is 41.2. The first kappa shape index (κ1) is 30.1. The molecule has 3 heterocycles. The van der Waals surface area contributed by atoms with Crippen LogP contribution >= 0.6 is 23.2 Å². The van der Waals surface area contributed by atoms with Crippen molar-refractivity contribution in [1.82, 2.24) is 14.5 Å². The van der Waals surface area contributed by atoms with Gasteiger partial charge in [-0.1, -0.05) is 62.2 Å². The number of hydrogen-bond donors (Lipinski definition) is 2. The summed E-state index contributed by atoms with van der Waals surface area (Å²) in [6.07, 6.45) is 2.65. The zero-order valence-corrected chi connectivity index (χ0v) is 25.8. The third-order valence-corrected chi connectivity index (χ3v) is 10.3. The molecule has 2 aromatic carbocycles. The summed E-state index contributed by atoms with van der Waals surface area (Å²) in [4.78, 5) is 29.8. The van der Waals surface area contributed by atoms with Gasteiger partial charge >= 0.3 is 6.03 Å². The van der Waals surface area contributed by atoms with Gasteiger partial charge in [-0.15, -0.1) is 0 Å². The Hall–Kier alpha value is -2.40. The van der Waals surface area contributed by atoms with Gasteiger partial charge in [0.2, 0.25) is 15.9 Å². The summed E-state index contributed by atoms with van der Waals surface area (Å²) in [7, 11) is -3.32. The Morgan fingerprint density at radius 3 is 2.49 bits per heavy atom. The fourth-order valence-electron chi connectivity index (χ4n) is 6.86. The van der Waals surface area contributed by atoms with E-state index in [2.05, 4.69) is 31.4 Å². The molecule has 2 saturated heterocycles. The van der Waals surface area contributed by atoms with Gasteiger partial charge in [0, 0.05) is 41.9 Å². The number of amides is 3. The van der Waals surface area contributed by atoms with Gasteiger partial charge in [0.15, 0.2) is 0 Å². The molecule has 5 rings (SSSR count). The number of benzene rings is 2. The van der Waals surface area contributed by atoms with Crippen LogP contribution in [0.5, 0.6) is 0 Å². The van der Waals surface area contributed by atoms with Crippen molar-refractivity contribution in [3.05, 3.63) is 63.4 Å². The number of urea groups is 1. The van der Waals surface area contributed by atoms with E-state index in [0.717, 1.165) is 0 Å². The first-order valence-corrected chi connectivity index (χ1v) is 16.3. The number of nitrogens with zero attached hydrogens (tertiary/aromatic N) is 2. The molecule has 8 nitrogen and oxygen atoms in total. The van der Waals surface area contributed by atoms with Crippen LogP contribution < -0.4 is 10.6 Å². The Bertz CT molecular complexity index is 1490. The summed E-state index contributed by atoms with van der Waals surface area (Å²) in [5, 5.41) is 6.40.